The molecule has 1 aromatic carbocycles. The van der Waals surface area contributed by atoms with Crippen LogP contribution >= 0.6 is 0 Å². The van der Waals surface area contributed by atoms with Gasteiger partial charge in [0.15, 0.2) is 6.29 Å². The molecule has 0 spiro atoms. The number of carboxylic acid groups (broad SMARTS) is 1. The average Bonchev–Trinajstić information content (AvgIpc) is 2.54. The summed E-state index contributed by atoms with van der Waals surface area (Å²) in [5.74, 6) is -1.29. The number of hydrogen-bond acceptors (Lipinski definition) is 4. The fourth-order valence-electron chi connectivity index (χ4n) is 2.37. The van der Waals surface area contributed by atoms with E-state index in [1.54, 1.807) is 18.0 Å². The summed E-state index contributed by atoms with van der Waals surface area (Å²) in [5, 5.41) is 9.25. The van der Waals surface area contributed by atoms with Crippen LogP contribution in [0, 0.1) is 0 Å². The lowest BCUT2D eigenvalue weighted by molar-refractivity contribution is -0.183. The SMILES string of the molecule is CCCN(C)C(=O)c1cc(C(=O)O)cc(C2OCCCO2)c1. The van der Waals surface area contributed by atoms with Gasteiger partial charge in [-0.3, -0.25) is 4.79 Å². The van der Waals surface area contributed by atoms with Crippen molar-refractivity contribution in [2.45, 2.75) is 26.1 Å². The van der Waals surface area contributed by atoms with Crippen molar-refractivity contribution in [2.24, 2.45) is 0 Å². The molecular weight excluding hydrogens is 286 g/mol. The van der Waals surface area contributed by atoms with E-state index in [9.17, 15) is 14.7 Å². The number of amides is 1. The van der Waals surface area contributed by atoms with Crippen molar-refractivity contribution in [3.8, 4) is 0 Å². The smallest absolute Gasteiger partial charge is 0.335 e. The van der Waals surface area contributed by atoms with Gasteiger partial charge in [-0.25, -0.2) is 4.79 Å². The number of hydrogen-bond donors (Lipinski definition) is 1. The van der Waals surface area contributed by atoms with E-state index in [0.717, 1.165) is 12.8 Å². The van der Waals surface area contributed by atoms with Crippen LogP contribution in [0.5, 0.6) is 0 Å². The molecular formula is C16H21NO5. The lowest BCUT2D eigenvalue weighted by Crippen LogP contribution is -2.28. The van der Waals surface area contributed by atoms with Crippen LogP contribution in [0.4, 0.5) is 0 Å². The highest BCUT2D eigenvalue weighted by atomic mass is 16.7. The Kier molecular flexibility index (Phi) is 5.51. The number of carbonyl (C=O) groups is 2. The molecule has 1 amide bonds. The lowest BCUT2D eigenvalue weighted by Gasteiger charge is -2.24. The van der Waals surface area contributed by atoms with Crippen molar-refractivity contribution >= 4 is 11.9 Å². The van der Waals surface area contributed by atoms with Gasteiger partial charge in [0.2, 0.25) is 0 Å². The van der Waals surface area contributed by atoms with E-state index >= 15 is 0 Å². The Labute approximate surface area is 129 Å². The first-order valence-corrected chi connectivity index (χ1v) is 7.40. The van der Waals surface area contributed by atoms with Gasteiger partial charge in [-0.2, -0.15) is 0 Å². The molecule has 6 nitrogen and oxygen atoms in total. The zero-order chi connectivity index (χ0) is 16.1. The van der Waals surface area contributed by atoms with Crippen LogP contribution < -0.4 is 0 Å². The molecule has 1 heterocycles. The van der Waals surface area contributed by atoms with Crippen molar-refractivity contribution in [3.05, 3.63) is 34.9 Å². The topological polar surface area (TPSA) is 76.1 Å². The highest BCUT2D eigenvalue weighted by molar-refractivity contribution is 5.97. The summed E-state index contributed by atoms with van der Waals surface area (Å²) >= 11 is 0. The third kappa shape index (κ3) is 3.84. The Bertz CT molecular complexity index is 551. The molecule has 0 aliphatic carbocycles. The van der Waals surface area contributed by atoms with E-state index in [2.05, 4.69) is 0 Å². The zero-order valence-electron chi connectivity index (χ0n) is 12.9. The molecule has 0 unspecified atom stereocenters. The molecule has 1 aromatic rings. The first-order chi connectivity index (χ1) is 10.5. The third-order valence-corrected chi connectivity index (χ3v) is 3.45. The fourth-order valence-corrected chi connectivity index (χ4v) is 2.37. The summed E-state index contributed by atoms with van der Waals surface area (Å²) in [6.45, 7) is 3.70. The normalized spacial score (nSPS) is 15.5. The largest absolute Gasteiger partial charge is 0.478 e. The molecule has 6 heteroatoms. The summed E-state index contributed by atoms with van der Waals surface area (Å²) in [4.78, 5) is 25.3. The molecule has 1 fully saturated rings. The predicted octanol–water partition coefficient (Wildman–Crippen LogP) is 2.30. The van der Waals surface area contributed by atoms with Crippen molar-refractivity contribution in [1.29, 1.82) is 0 Å². The maximum Gasteiger partial charge on any atom is 0.335 e. The van der Waals surface area contributed by atoms with Gasteiger partial charge in [0.1, 0.15) is 0 Å². The number of rotatable bonds is 5. The van der Waals surface area contributed by atoms with Crippen molar-refractivity contribution in [1.82, 2.24) is 4.90 Å². The molecule has 1 saturated heterocycles. The van der Waals surface area contributed by atoms with Gasteiger partial charge >= 0.3 is 5.97 Å². The van der Waals surface area contributed by atoms with Gasteiger partial charge in [0.25, 0.3) is 5.91 Å². The third-order valence-electron chi connectivity index (χ3n) is 3.45. The van der Waals surface area contributed by atoms with E-state index in [4.69, 9.17) is 9.47 Å². The minimum Gasteiger partial charge on any atom is -0.478 e. The molecule has 22 heavy (non-hydrogen) atoms. The van der Waals surface area contributed by atoms with Crippen molar-refractivity contribution in [3.63, 3.8) is 0 Å². The summed E-state index contributed by atoms with van der Waals surface area (Å²) < 4.78 is 11.0. The van der Waals surface area contributed by atoms with Gasteiger partial charge in [-0.05, 0) is 31.0 Å². The Morgan fingerprint density at radius 1 is 1.23 bits per heavy atom. The molecule has 0 saturated carbocycles. The Balaban J connectivity index is 2.34. The first-order valence-electron chi connectivity index (χ1n) is 7.40. The Morgan fingerprint density at radius 2 is 1.86 bits per heavy atom. The van der Waals surface area contributed by atoms with Crippen LogP contribution in [0.3, 0.4) is 0 Å². The van der Waals surface area contributed by atoms with E-state index in [1.807, 2.05) is 6.92 Å². The number of aromatic carboxylic acids is 1. The Hall–Kier alpha value is -1.92. The highest BCUT2D eigenvalue weighted by Gasteiger charge is 2.22. The van der Waals surface area contributed by atoms with Gasteiger partial charge in [-0.15, -0.1) is 0 Å². The van der Waals surface area contributed by atoms with Gasteiger partial charge in [-0.1, -0.05) is 6.92 Å². The minimum absolute atomic E-state index is 0.0588. The van der Waals surface area contributed by atoms with Crippen molar-refractivity contribution in [2.75, 3.05) is 26.8 Å². The molecule has 1 N–H and O–H groups in total. The molecule has 1 aliphatic heterocycles. The first kappa shape index (κ1) is 16.5. The van der Waals surface area contributed by atoms with Crippen LogP contribution in [0.25, 0.3) is 0 Å². The maximum absolute atomic E-state index is 12.4. The summed E-state index contributed by atoms with van der Waals surface area (Å²) in [7, 11) is 1.70. The molecule has 1 aliphatic rings. The summed E-state index contributed by atoms with van der Waals surface area (Å²) in [5.41, 5.74) is 0.958. The molecule has 0 atom stereocenters. The number of ether oxygens (including phenoxy) is 2. The maximum atomic E-state index is 12.4. The fraction of sp³-hybridized carbons (Fsp3) is 0.500. The molecule has 2 rings (SSSR count). The molecule has 0 bridgehead atoms. The van der Waals surface area contributed by atoms with E-state index in [0.29, 0.717) is 30.9 Å². The summed E-state index contributed by atoms with van der Waals surface area (Å²) in [6, 6.07) is 4.54. The monoisotopic (exact) mass is 307 g/mol. The van der Waals surface area contributed by atoms with Crippen molar-refractivity contribution < 1.29 is 24.2 Å². The van der Waals surface area contributed by atoms with E-state index < -0.39 is 12.3 Å². The summed E-state index contributed by atoms with van der Waals surface area (Å²) in [6.07, 6.45) is 1.03. The van der Waals surface area contributed by atoms with Crippen LogP contribution in [0.15, 0.2) is 18.2 Å². The second-order valence-corrected chi connectivity index (χ2v) is 5.30. The Morgan fingerprint density at radius 3 is 2.45 bits per heavy atom. The van der Waals surface area contributed by atoms with E-state index in [-0.39, 0.29) is 11.5 Å². The number of benzene rings is 1. The van der Waals surface area contributed by atoms with Crippen LogP contribution in [-0.4, -0.2) is 48.7 Å². The van der Waals surface area contributed by atoms with Crippen LogP contribution in [-0.2, 0) is 9.47 Å². The predicted molar refractivity (Wildman–Crippen MR) is 79.9 cm³/mol. The van der Waals surface area contributed by atoms with Gasteiger partial charge < -0.3 is 19.5 Å². The minimum atomic E-state index is -1.08. The molecule has 120 valence electrons. The quantitative estimate of drug-likeness (QED) is 0.903. The number of carbonyl (C=O) groups excluding carboxylic acids is 1. The highest BCUT2D eigenvalue weighted by Crippen LogP contribution is 2.25. The lowest BCUT2D eigenvalue weighted by atomic mass is 10.0. The number of nitrogens with zero attached hydrogens (tertiary/aromatic N) is 1. The van der Waals surface area contributed by atoms with Gasteiger partial charge in [0, 0.05) is 24.7 Å². The molecule has 0 aromatic heterocycles. The van der Waals surface area contributed by atoms with Crippen LogP contribution in [0.2, 0.25) is 0 Å². The zero-order valence-corrected chi connectivity index (χ0v) is 12.9. The average molecular weight is 307 g/mol. The standard InChI is InChI=1S/C16H21NO5/c1-3-5-17(2)14(18)11-8-12(15(19)20)10-13(9-11)16-21-6-4-7-22-16/h8-10,16H,3-7H2,1-2H3,(H,19,20). The number of carboxylic acids is 1. The van der Waals surface area contributed by atoms with Crippen LogP contribution in [0.1, 0.15) is 52.3 Å². The second kappa shape index (κ2) is 7.38. The van der Waals surface area contributed by atoms with Gasteiger partial charge in [0.05, 0.1) is 18.8 Å². The van der Waals surface area contributed by atoms with E-state index in [1.165, 1.54) is 12.1 Å². The second-order valence-electron chi connectivity index (χ2n) is 5.30. The molecule has 0 radical (unpaired) electrons.